The van der Waals surface area contributed by atoms with Crippen LogP contribution in [-0.2, 0) is 17.8 Å². The summed E-state index contributed by atoms with van der Waals surface area (Å²) in [4.78, 5) is 16.2. The van der Waals surface area contributed by atoms with E-state index in [2.05, 4.69) is 28.7 Å². The fourth-order valence-electron chi connectivity index (χ4n) is 3.56. The number of carboxylic acids is 1. The highest BCUT2D eigenvalue weighted by atomic mass is 16.4. The van der Waals surface area contributed by atoms with E-state index in [9.17, 15) is 9.90 Å². The minimum Gasteiger partial charge on any atom is -0.480 e. The molecule has 1 aromatic rings. The van der Waals surface area contributed by atoms with E-state index in [0.29, 0.717) is 0 Å². The molecule has 1 fully saturated rings. The highest BCUT2D eigenvalue weighted by Crippen LogP contribution is 2.38. The van der Waals surface area contributed by atoms with Crippen LogP contribution in [0.4, 0.5) is 0 Å². The molecule has 118 valence electrons. The molecule has 21 heavy (non-hydrogen) atoms. The first-order chi connectivity index (χ1) is 10.1. The van der Waals surface area contributed by atoms with E-state index in [1.165, 1.54) is 0 Å². The minimum atomic E-state index is -0.719. The molecule has 5 heteroatoms. The van der Waals surface area contributed by atoms with Gasteiger partial charge in [-0.05, 0) is 38.1 Å². The maximum atomic E-state index is 11.8. The zero-order chi connectivity index (χ0) is 15.3. The van der Waals surface area contributed by atoms with E-state index in [1.54, 1.807) is 0 Å². The number of rotatable bonds is 8. The second kappa shape index (κ2) is 7.07. The predicted molar refractivity (Wildman–Crippen MR) is 82.2 cm³/mol. The second-order valence-electron chi connectivity index (χ2n) is 5.97. The maximum Gasteiger partial charge on any atom is 0.324 e. The van der Waals surface area contributed by atoms with Gasteiger partial charge in [-0.15, -0.1) is 0 Å². The van der Waals surface area contributed by atoms with Gasteiger partial charge in [0.2, 0.25) is 0 Å². The standard InChI is InChI=1S/C16H27N3O2/c1-3-9-18-16(15(20)21)8-5-6-13(16)7-11-19-12-10-17-14(19)4-2/h10,12-13,18H,3-9,11H2,1-2H3,(H,20,21). The Bertz CT molecular complexity index is 472. The average molecular weight is 293 g/mol. The van der Waals surface area contributed by atoms with Crippen molar-refractivity contribution in [1.29, 1.82) is 0 Å². The Kier molecular flexibility index (Phi) is 5.39. The summed E-state index contributed by atoms with van der Waals surface area (Å²) < 4.78 is 2.16. The van der Waals surface area contributed by atoms with Crippen LogP contribution in [-0.4, -0.2) is 32.7 Å². The number of nitrogens with one attached hydrogen (secondary N) is 1. The Balaban J connectivity index is 2.04. The normalized spacial score (nSPS) is 25.3. The van der Waals surface area contributed by atoms with Crippen molar-refractivity contribution in [2.75, 3.05) is 6.54 Å². The molecule has 2 unspecified atom stereocenters. The van der Waals surface area contributed by atoms with E-state index >= 15 is 0 Å². The van der Waals surface area contributed by atoms with Gasteiger partial charge in [-0.25, -0.2) is 4.98 Å². The number of hydrogen-bond donors (Lipinski definition) is 2. The van der Waals surface area contributed by atoms with Crippen LogP contribution < -0.4 is 5.32 Å². The average Bonchev–Trinajstić information content (AvgIpc) is 3.09. The van der Waals surface area contributed by atoms with Crippen molar-refractivity contribution < 1.29 is 9.90 Å². The first kappa shape index (κ1) is 16.0. The summed E-state index contributed by atoms with van der Waals surface area (Å²) in [6.45, 7) is 5.80. The summed E-state index contributed by atoms with van der Waals surface area (Å²) in [5, 5.41) is 13.1. The molecule has 0 radical (unpaired) electrons. The molecule has 0 saturated heterocycles. The van der Waals surface area contributed by atoms with Crippen LogP contribution in [0.25, 0.3) is 0 Å². The minimum absolute atomic E-state index is 0.202. The van der Waals surface area contributed by atoms with Crippen molar-refractivity contribution in [3.63, 3.8) is 0 Å². The summed E-state index contributed by atoms with van der Waals surface area (Å²) >= 11 is 0. The Morgan fingerprint density at radius 3 is 3.05 bits per heavy atom. The first-order valence-corrected chi connectivity index (χ1v) is 8.12. The molecular weight excluding hydrogens is 266 g/mol. The second-order valence-corrected chi connectivity index (χ2v) is 5.97. The van der Waals surface area contributed by atoms with Crippen LogP contribution in [0.2, 0.25) is 0 Å². The third-order valence-electron chi connectivity index (χ3n) is 4.73. The van der Waals surface area contributed by atoms with Crippen LogP contribution >= 0.6 is 0 Å². The summed E-state index contributed by atoms with van der Waals surface area (Å²) in [6, 6.07) is 0. The first-order valence-electron chi connectivity index (χ1n) is 8.12. The van der Waals surface area contributed by atoms with Crippen LogP contribution in [0, 0.1) is 5.92 Å². The molecule has 1 saturated carbocycles. The number of carboxylic acid groups (broad SMARTS) is 1. The van der Waals surface area contributed by atoms with Crippen LogP contribution in [0.15, 0.2) is 12.4 Å². The van der Waals surface area contributed by atoms with E-state index < -0.39 is 11.5 Å². The molecule has 0 aromatic carbocycles. The number of aromatic nitrogens is 2. The van der Waals surface area contributed by atoms with Gasteiger partial charge < -0.3 is 15.0 Å². The lowest BCUT2D eigenvalue weighted by atomic mass is 9.84. The fourth-order valence-corrected chi connectivity index (χ4v) is 3.56. The molecule has 1 heterocycles. The molecule has 0 aliphatic heterocycles. The third kappa shape index (κ3) is 3.28. The van der Waals surface area contributed by atoms with Gasteiger partial charge in [0.15, 0.2) is 0 Å². The van der Waals surface area contributed by atoms with Gasteiger partial charge in [-0.3, -0.25) is 4.79 Å². The largest absolute Gasteiger partial charge is 0.480 e. The number of hydrogen-bond acceptors (Lipinski definition) is 3. The number of aliphatic carboxylic acids is 1. The predicted octanol–water partition coefficient (Wildman–Crippen LogP) is 2.46. The van der Waals surface area contributed by atoms with E-state index in [1.807, 2.05) is 12.4 Å². The van der Waals surface area contributed by atoms with Gasteiger partial charge in [-0.2, -0.15) is 0 Å². The molecule has 0 bridgehead atoms. The van der Waals surface area contributed by atoms with Gasteiger partial charge in [0.1, 0.15) is 11.4 Å². The zero-order valence-corrected chi connectivity index (χ0v) is 13.1. The van der Waals surface area contributed by atoms with Crippen LogP contribution in [0.5, 0.6) is 0 Å². The van der Waals surface area contributed by atoms with Crippen molar-refractivity contribution in [2.45, 2.75) is 64.5 Å². The Labute approximate surface area is 126 Å². The van der Waals surface area contributed by atoms with Gasteiger partial charge >= 0.3 is 5.97 Å². The SMILES string of the molecule is CCCNC1(C(=O)O)CCCC1CCn1ccnc1CC. The molecular formula is C16H27N3O2. The molecule has 1 aliphatic carbocycles. The number of imidazole rings is 1. The number of nitrogens with zero attached hydrogens (tertiary/aromatic N) is 2. The van der Waals surface area contributed by atoms with Crippen molar-refractivity contribution in [3.05, 3.63) is 18.2 Å². The van der Waals surface area contributed by atoms with Gasteiger partial charge in [0.25, 0.3) is 0 Å². The van der Waals surface area contributed by atoms with Crippen molar-refractivity contribution >= 4 is 5.97 Å². The fraction of sp³-hybridized carbons (Fsp3) is 0.750. The number of aryl methyl sites for hydroxylation is 2. The topological polar surface area (TPSA) is 67.2 Å². The number of carbonyl (C=O) groups is 1. The van der Waals surface area contributed by atoms with Crippen molar-refractivity contribution in [1.82, 2.24) is 14.9 Å². The molecule has 0 amide bonds. The van der Waals surface area contributed by atoms with Crippen molar-refractivity contribution in [3.8, 4) is 0 Å². The molecule has 1 aromatic heterocycles. The summed E-state index contributed by atoms with van der Waals surface area (Å²) in [5.74, 6) is 0.601. The molecule has 2 rings (SSSR count). The molecule has 2 N–H and O–H groups in total. The Morgan fingerprint density at radius 1 is 1.57 bits per heavy atom. The highest BCUT2D eigenvalue weighted by Gasteiger charge is 2.48. The van der Waals surface area contributed by atoms with Crippen LogP contribution in [0.1, 0.15) is 51.8 Å². The Morgan fingerprint density at radius 2 is 2.38 bits per heavy atom. The van der Waals surface area contributed by atoms with Gasteiger partial charge in [0, 0.05) is 25.4 Å². The van der Waals surface area contributed by atoms with E-state index in [0.717, 1.165) is 57.4 Å². The molecule has 0 spiro atoms. The smallest absolute Gasteiger partial charge is 0.324 e. The van der Waals surface area contributed by atoms with Crippen molar-refractivity contribution in [2.24, 2.45) is 5.92 Å². The van der Waals surface area contributed by atoms with E-state index in [4.69, 9.17) is 0 Å². The molecule has 2 atom stereocenters. The Hall–Kier alpha value is -1.36. The molecule has 1 aliphatic rings. The van der Waals surface area contributed by atoms with Crippen LogP contribution in [0.3, 0.4) is 0 Å². The zero-order valence-electron chi connectivity index (χ0n) is 13.1. The quantitative estimate of drug-likeness (QED) is 0.772. The van der Waals surface area contributed by atoms with Gasteiger partial charge in [-0.1, -0.05) is 20.3 Å². The highest BCUT2D eigenvalue weighted by molar-refractivity contribution is 5.79. The summed E-state index contributed by atoms with van der Waals surface area (Å²) in [6.07, 6.45) is 9.34. The molecule has 5 nitrogen and oxygen atoms in total. The van der Waals surface area contributed by atoms with E-state index in [-0.39, 0.29) is 5.92 Å². The summed E-state index contributed by atoms with van der Waals surface area (Å²) in [7, 11) is 0. The maximum absolute atomic E-state index is 11.8. The summed E-state index contributed by atoms with van der Waals surface area (Å²) in [5.41, 5.74) is -0.719. The lowest BCUT2D eigenvalue weighted by Gasteiger charge is -2.32. The van der Waals surface area contributed by atoms with Gasteiger partial charge in [0.05, 0.1) is 0 Å². The third-order valence-corrected chi connectivity index (χ3v) is 4.73. The lowest BCUT2D eigenvalue weighted by molar-refractivity contribution is -0.146. The lowest BCUT2D eigenvalue weighted by Crippen LogP contribution is -2.55. The monoisotopic (exact) mass is 293 g/mol.